The van der Waals surface area contributed by atoms with E-state index in [0.717, 1.165) is 12.1 Å². The Labute approximate surface area is 116 Å². The molecular weight excluding hydrogens is 258 g/mol. The lowest BCUT2D eigenvalue weighted by Crippen LogP contribution is -2.11. The first-order valence-corrected chi connectivity index (χ1v) is 6.81. The highest BCUT2D eigenvalue weighted by Gasteiger charge is 2.24. The number of aromatic carboxylic acids is 1. The SMILES string of the molecule is Cn1cc(-c2c(C(=O)O)nnn2CC2CCCC2)cn1. The van der Waals surface area contributed by atoms with Gasteiger partial charge in [0.1, 0.15) is 5.69 Å². The molecule has 1 aliphatic carbocycles. The van der Waals surface area contributed by atoms with Crippen molar-refractivity contribution >= 4 is 5.97 Å². The molecule has 0 bridgehead atoms. The molecule has 7 nitrogen and oxygen atoms in total. The summed E-state index contributed by atoms with van der Waals surface area (Å²) in [6.07, 6.45) is 8.27. The third-order valence-electron chi connectivity index (χ3n) is 3.82. The van der Waals surface area contributed by atoms with E-state index in [4.69, 9.17) is 0 Å². The smallest absolute Gasteiger partial charge is 0.358 e. The van der Waals surface area contributed by atoms with E-state index in [2.05, 4.69) is 15.4 Å². The molecule has 0 aromatic carbocycles. The Morgan fingerprint density at radius 1 is 1.45 bits per heavy atom. The summed E-state index contributed by atoms with van der Waals surface area (Å²) in [5.41, 5.74) is 1.29. The maximum atomic E-state index is 11.3. The molecule has 0 aliphatic heterocycles. The van der Waals surface area contributed by atoms with E-state index < -0.39 is 5.97 Å². The Balaban J connectivity index is 1.99. The van der Waals surface area contributed by atoms with Gasteiger partial charge < -0.3 is 5.11 Å². The van der Waals surface area contributed by atoms with E-state index in [1.807, 2.05) is 0 Å². The number of hydrogen-bond donors (Lipinski definition) is 1. The van der Waals surface area contributed by atoms with Crippen molar-refractivity contribution < 1.29 is 9.90 Å². The van der Waals surface area contributed by atoms with Gasteiger partial charge in [-0.2, -0.15) is 5.10 Å². The molecule has 1 fully saturated rings. The molecule has 3 rings (SSSR count). The molecule has 106 valence electrons. The van der Waals surface area contributed by atoms with Gasteiger partial charge in [-0.3, -0.25) is 4.68 Å². The molecule has 1 saturated carbocycles. The van der Waals surface area contributed by atoms with Crippen LogP contribution in [0.15, 0.2) is 12.4 Å². The first-order valence-electron chi connectivity index (χ1n) is 6.81. The molecule has 1 aliphatic rings. The number of carboxylic acid groups (broad SMARTS) is 1. The molecule has 0 unspecified atom stereocenters. The Kier molecular flexibility index (Phi) is 3.25. The van der Waals surface area contributed by atoms with Gasteiger partial charge in [0.2, 0.25) is 0 Å². The number of hydrogen-bond acceptors (Lipinski definition) is 4. The van der Waals surface area contributed by atoms with Crippen LogP contribution < -0.4 is 0 Å². The molecule has 0 amide bonds. The molecular formula is C13H17N5O2. The van der Waals surface area contributed by atoms with Gasteiger partial charge in [-0.1, -0.05) is 18.1 Å². The molecule has 0 spiro atoms. The fraction of sp³-hybridized carbons (Fsp3) is 0.538. The van der Waals surface area contributed by atoms with E-state index in [-0.39, 0.29) is 5.69 Å². The van der Waals surface area contributed by atoms with Gasteiger partial charge in [0.15, 0.2) is 5.69 Å². The van der Waals surface area contributed by atoms with Crippen LogP contribution in [0.5, 0.6) is 0 Å². The van der Waals surface area contributed by atoms with E-state index in [0.29, 0.717) is 11.6 Å². The van der Waals surface area contributed by atoms with Crippen molar-refractivity contribution in [3.05, 3.63) is 18.1 Å². The fourth-order valence-corrected chi connectivity index (χ4v) is 2.85. The fourth-order valence-electron chi connectivity index (χ4n) is 2.85. The second kappa shape index (κ2) is 5.07. The van der Waals surface area contributed by atoms with Crippen LogP contribution >= 0.6 is 0 Å². The van der Waals surface area contributed by atoms with Crippen molar-refractivity contribution in [3.63, 3.8) is 0 Å². The maximum Gasteiger partial charge on any atom is 0.358 e. The minimum atomic E-state index is -1.05. The molecule has 2 aromatic rings. The largest absolute Gasteiger partial charge is 0.476 e. The van der Waals surface area contributed by atoms with Crippen molar-refractivity contribution in [2.45, 2.75) is 32.2 Å². The highest BCUT2D eigenvalue weighted by atomic mass is 16.4. The van der Waals surface area contributed by atoms with Crippen LogP contribution in [-0.4, -0.2) is 35.9 Å². The minimum absolute atomic E-state index is 0.00371. The number of nitrogens with zero attached hydrogens (tertiary/aromatic N) is 5. The second-order valence-corrected chi connectivity index (χ2v) is 5.33. The van der Waals surface area contributed by atoms with E-state index in [9.17, 15) is 9.90 Å². The summed E-state index contributed by atoms with van der Waals surface area (Å²) in [7, 11) is 1.80. The Bertz CT molecular complexity index is 624. The Morgan fingerprint density at radius 3 is 2.80 bits per heavy atom. The van der Waals surface area contributed by atoms with E-state index in [1.54, 1.807) is 28.8 Å². The summed E-state index contributed by atoms with van der Waals surface area (Å²) in [6, 6.07) is 0. The summed E-state index contributed by atoms with van der Waals surface area (Å²) < 4.78 is 3.37. The minimum Gasteiger partial charge on any atom is -0.476 e. The zero-order valence-electron chi connectivity index (χ0n) is 11.4. The van der Waals surface area contributed by atoms with Crippen LogP contribution in [0.2, 0.25) is 0 Å². The lowest BCUT2D eigenvalue weighted by Gasteiger charge is -2.10. The van der Waals surface area contributed by atoms with Crippen molar-refractivity contribution in [1.82, 2.24) is 24.8 Å². The maximum absolute atomic E-state index is 11.3. The van der Waals surface area contributed by atoms with E-state index in [1.165, 1.54) is 25.7 Å². The molecule has 2 heterocycles. The van der Waals surface area contributed by atoms with Crippen molar-refractivity contribution in [2.75, 3.05) is 0 Å². The van der Waals surface area contributed by atoms with Gasteiger partial charge >= 0.3 is 5.97 Å². The molecule has 1 N–H and O–H groups in total. The summed E-state index contributed by atoms with van der Waals surface area (Å²) >= 11 is 0. The average Bonchev–Trinajstić information content (AvgIpc) is 3.09. The molecule has 7 heteroatoms. The van der Waals surface area contributed by atoms with Gasteiger partial charge in [-0.05, 0) is 18.8 Å². The predicted molar refractivity (Wildman–Crippen MR) is 71.1 cm³/mol. The van der Waals surface area contributed by atoms with Gasteiger partial charge in [0.25, 0.3) is 0 Å². The number of aromatic nitrogens is 5. The highest BCUT2D eigenvalue weighted by molar-refractivity contribution is 5.92. The summed E-state index contributed by atoms with van der Waals surface area (Å²) in [5, 5.41) is 21.2. The topological polar surface area (TPSA) is 85.8 Å². The third kappa shape index (κ3) is 2.31. The number of aryl methyl sites for hydroxylation is 1. The van der Waals surface area contributed by atoms with Crippen molar-refractivity contribution in [2.24, 2.45) is 13.0 Å². The van der Waals surface area contributed by atoms with Crippen LogP contribution in [-0.2, 0) is 13.6 Å². The lowest BCUT2D eigenvalue weighted by molar-refractivity contribution is 0.0691. The Morgan fingerprint density at radius 2 is 2.20 bits per heavy atom. The van der Waals surface area contributed by atoms with Crippen LogP contribution in [0.3, 0.4) is 0 Å². The molecule has 0 saturated heterocycles. The Hall–Kier alpha value is -2.18. The van der Waals surface area contributed by atoms with Crippen molar-refractivity contribution in [1.29, 1.82) is 0 Å². The van der Waals surface area contributed by atoms with Crippen LogP contribution in [0.1, 0.15) is 36.2 Å². The summed E-state index contributed by atoms with van der Waals surface area (Å²) in [4.78, 5) is 11.3. The molecule has 2 aromatic heterocycles. The first-order chi connectivity index (χ1) is 9.65. The number of carboxylic acids is 1. The van der Waals surface area contributed by atoms with Crippen LogP contribution in [0, 0.1) is 5.92 Å². The molecule has 20 heavy (non-hydrogen) atoms. The number of rotatable bonds is 4. The van der Waals surface area contributed by atoms with Gasteiger partial charge in [-0.15, -0.1) is 5.10 Å². The zero-order valence-corrected chi connectivity index (χ0v) is 11.4. The third-order valence-corrected chi connectivity index (χ3v) is 3.82. The summed E-state index contributed by atoms with van der Waals surface area (Å²) in [5.74, 6) is -0.490. The summed E-state index contributed by atoms with van der Waals surface area (Å²) in [6.45, 7) is 0.727. The second-order valence-electron chi connectivity index (χ2n) is 5.33. The lowest BCUT2D eigenvalue weighted by atomic mass is 10.1. The average molecular weight is 275 g/mol. The standard InChI is InChI=1S/C13H17N5O2/c1-17-8-10(6-14-17)12-11(13(19)20)15-16-18(12)7-9-4-2-3-5-9/h6,8-9H,2-5,7H2,1H3,(H,19,20). The van der Waals surface area contributed by atoms with Gasteiger partial charge in [-0.25, -0.2) is 9.48 Å². The van der Waals surface area contributed by atoms with Gasteiger partial charge in [0.05, 0.1) is 6.20 Å². The normalized spacial score (nSPS) is 15.8. The monoisotopic (exact) mass is 275 g/mol. The molecule has 0 atom stereocenters. The van der Waals surface area contributed by atoms with Crippen LogP contribution in [0.4, 0.5) is 0 Å². The highest BCUT2D eigenvalue weighted by Crippen LogP contribution is 2.29. The zero-order chi connectivity index (χ0) is 14.1. The van der Waals surface area contributed by atoms with Crippen LogP contribution in [0.25, 0.3) is 11.3 Å². The first kappa shape index (κ1) is 12.8. The predicted octanol–water partition coefficient (Wildman–Crippen LogP) is 1.57. The quantitative estimate of drug-likeness (QED) is 0.915. The number of carbonyl (C=O) groups is 1. The van der Waals surface area contributed by atoms with Gasteiger partial charge in [0, 0.05) is 25.4 Å². The molecule has 0 radical (unpaired) electrons. The van der Waals surface area contributed by atoms with E-state index >= 15 is 0 Å². The van der Waals surface area contributed by atoms with Crippen molar-refractivity contribution in [3.8, 4) is 11.3 Å².